The number of benzene rings is 1. The van der Waals surface area contributed by atoms with E-state index in [2.05, 4.69) is 0 Å². The van der Waals surface area contributed by atoms with Gasteiger partial charge in [-0.05, 0) is 25.0 Å². The zero-order valence-electron chi connectivity index (χ0n) is 10.2. The number of rotatable bonds is 1. The van der Waals surface area contributed by atoms with Gasteiger partial charge in [0.15, 0.2) is 0 Å². The second kappa shape index (κ2) is 3.73. The first-order valence-electron chi connectivity index (χ1n) is 6.05. The Hall–Kier alpha value is -2.04. The van der Waals surface area contributed by atoms with Crippen molar-refractivity contribution in [3.05, 3.63) is 23.8 Å². The molecule has 3 rings (SSSR count). The maximum Gasteiger partial charge on any atom is 0.258 e. The number of nitrogens with two attached hydrogens (primary N) is 1. The second-order valence-corrected chi connectivity index (χ2v) is 4.86. The van der Waals surface area contributed by atoms with Crippen molar-refractivity contribution in [1.29, 1.82) is 0 Å². The van der Waals surface area contributed by atoms with Gasteiger partial charge in [-0.15, -0.1) is 0 Å². The highest BCUT2D eigenvalue weighted by Crippen LogP contribution is 2.34. The summed E-state index contributed by atoms with van der Waals surface area (Å²) >= 11 is 0. The molecule has 5 nitrogen and oxygen atoms in total. The fourth-order valence-corrected chi connectivity index (χ4v) is 2.35. The van der Waals surface area contributed by atoms with Gasteiger partial charge in [0.2, 0.25) is 5.91 Å². The smallest absolute Gasteiger partial charge is 0.258 e. The van der Waals surface area contributed by atoms with Gasteiger partial charge >= 0.3 is 0 Å². The highest BCUT2D eigenvalue weighted by Gasteiger charge is 2.39. The molecule has 0 unspecified atom stereocenters. The van der Waals surface area contributed by atoms with Crippen LogP contribution in [0.4, 0.5) is 11.4 Å². The molecule has 18 heavy (non-hydrogen) atoms. The third-order valence-electron chi connectivity index (χ3n) is 3.58. The van der Waals surface area contributed by atoms with Crippen LogP contribution in [0, 0.1) is 0 Å². The summed E-state index contributed by atoms with van der Waals surface area (Å²) in [6, 6.07) is 5.43. The van der Waals surface area contributed by atoms with Crippen LogP contribution in [-0.4, -0.2) is 36.3 Å². The highest BCUT2D eigenvalue weighted by molar-refractivity contribution is 6.12. The van der Waals surface area contributed by atoms with Crippen LogP contribution in [-0.2, 0) is 4.79 Å². The molecule has 1 aromatic rings. The van der Waals surface area contributed by atoms with Crippen LogP contribution in [0.15, 0.2) is 18.2 Å². The molecule has 0 radical (unpaired) electrons. The lowest BCUT2D eigenvalue weighted by Gasteiger charge is -2.19. The summed E-state index contributed by atoms with van der Waals surface area (Å²) < 4.78 is 0. The van der Waals surface area contributed by atoms with Gasteiger partial charge < -0.3 is 15.5 Å². The van der Waals surface area contributed by atoms with Crippen molar-refractivity contribution in [3.8, 4) is 0 Å². The normalized spacial score (nSPS) is 19.8. The molecule has 5 heteroatoms. The molecule has 2 aliphatic rings. The zero-order chi connectivity index (χ0) is 12.9. The van der Waals surface area contributed by atoms with Gasteiger partial charge in [-0.2, -0.15) is 0 Å². The van der Waals surface area contributed by atoms with Gasteiger partial charge in [0, 0.05) is 18.8 Å². The minimum Gasteiger partial charge on any atom is -0.398 e. The quantitative estimate of drug-likeness (QED) is 0.746. The molecule has 94 valence electrons. The minimum absolute atomic E-state index is 0.0698. The molecule has 1 fully saturated rings. The predicted molar refractivity (Wildman–Crippen MR) is 68.3 cm³/mol. The van der Waals surface area contributed by atoms with Crippen LogP contribution in [0.1, 0.15) is 23.2 Å². The van der Waals surface area contributed by atoms with E-state index in [1.807, 2.05) is 0 Å². The Labute approximate surface area is 105 Å². The molecule has 1 saturated carbocycles. The van der Waals surface area contributed by atoms with E-state index < -0.39 is 0 Å². The van der Waals surface area contributed by atoms with Crippen LogP contribution >= 0.6 is 0 Å². The van der Waals surface area contributed by atoms with E-state index in [-0.39, 0.29) is 24.4 Å². The molecule has 1 aliphatic heterocycles. The average Bonchev–Trinajstić information content (AvgIpc) is 3.17. The number of carbonyl (C=O) groups is 2. The monoisotopic (exact) mass is 245 g/mol. The summed E-state index contributed by atoms with van der Waals surface area (Å²) in [4.78, 5) is 27.7. The van der Waals surface area contributed by atoms with Gasteiger partial charge in [-0.1, -0.05) is 6.07 Å². The maximum atomic E-state index is 12.5. The molecule has 0 aromatic heterocycles. The molecule has 0 saturated heterocycles. The number of carbonyl (C=O) groups excluding carboxylic acids is 2. The third kappa shape index (κ3) is 1.54. The minimum atomic E-state index is -0.122. The van der Waals surface area contributed by atoms with Gasteiger partial charge in [0.1, 0.15) is 6.54 Å². The van der Waals surface area contributed by atoms with E-state index >= 15 is 0 Å². The molecular weight excluding hydrogens is 230 g/mol. The number of nitrogen functional groups attached to an aromatic ring is 1. The topological polar surface area (TPSA) is 66.6 Å². The lowest BCUT2D eigenvalue weighted by atomic mass is 10.1. The van der Waals surface area contributed by atoms with Crippen LogP contribution < -0.4 is 10.6 Å². The standard InChI is InChI=1S/C13H15N3O2/c1-15-10-4-2-3-9(14)12(10)13(18)16(7-11(15)17)8-5-6-8/h2-4,8H,5-7,14H2,1H3. The van der Waals surface area contributed by atoms with Crippen LogP contribution in [0.5, 0.6) is 0 Å². The number of anilines is 2. The van der Waals surface area contributed by atoms with Crippen molar-refractivity contribution >= 4 is 23.2 Å². The first-order valence-corrected chi connectivity index (χ1v) is 6.05. The number of amides is 2. The lowest BCUT2D eigenvalue weighted by Crippen LogP contribution is -2.39. The molecule has 2 N–H and O–H groups in total. The van der Waals surface area contributed by atoms with E-state index in [0.29, 0.717) is 16.9 Å². The maximum absolute atomic E-state index is 12.5. The SMILES string of the molecule is CN1C(=O)CN(C2CC2)C(=O)c2c(N)cccc21. The number of fused-ring (bicyclic) bond motifs is 1. The van der Waals surface area contributed by atoms with Crippen molar-refractivity contribution in [3.63, 3.8) is 0 Å². The molecule has 1 heterocycles. The van der Waals surface area contributed by atoms with Crippen molar-refractivity contribution in [2.75, 3.05) is 24.2 Å². The summed E-state index contributed by atoms with van der Waals surface area (Å²) in [5.74, 6) is -0.192. The summed E-state index contributed by atoms with van der Waals surface area (Å²) in [5, 5.41) is 0. The van der Waals surface area contributed by atoms with Gasteiger partial charge in [0.05, 0.1) is 11.3 Å². The Bertz CT molecular complexity index is 537. The Morgan fingerprint density at radius 1 is 1.28 bits per heavy atom. The van der Waals surface area contributed by atoms with E-state index in [1.54, 1.807) is 30.1 Å². The number of hydrogen-bond acceptors (Lipinski definition) is 3. The molecule has 0 atom stereocenters. The zero-order valence-corrected chi connectivity index (χ0v) is 10.2. The Kier molecular flexibility index (Phi) is 2.29. The first kappa shape index (κ1) is 11.1. The van der Waals surface area contributed by atoms with E-state index in [4.69, 9.17) is 5.73 Å². The van der Waals surface area contributed by atoms with Gasteiger partial charge in [-0.25, -0.2) is 0 Å². The summed E-state index contributed by atoms with van der Waals surface area (Å²) in [5.41, 5.74) is 7.40. The predicted octanol–water partition coefficient (Wildman–Crippen LogP) is 0.850. The van der Waals surface area contributed by atoms with Crippen molar-refractivity contribution in [2.45, 2.75) is 18.9 Å². The third-order valence-corrected chi connectivity index (χ3v) is 3.58. The van der Waals surface area contributed by atoms with Crippen LogP contribution in [0.2, 0.25) is 0 Å². The Morgan fingerprint density at radius 3 is 2.67 bits per heavy atom. The van der Waals surface area contributed by atoms with Crippen molar-refractivity contribution in [1.82, 2.24) is 4.90 Å². The molecule has 1 aliphatic carbocycles. The fraction of sp³-hybridized carbons (Fsp3) is 0.385. The summed E-state index contributed by atoms with van der Waals surface area (Å²) in [6.45, 7) is 0.147. The summed E-state index contributed by atoms with van der Waals surface area (Å²) in [6.07, 6.45) is 1.95. The second-order valence-electron chi connectivity index (χ2n) is 4.86. The van der Waals surface area contributed by atoms with E-state index in [9.17, 15) is 9.59 Å². The molecule has 2 amide bonds. The van der Waals surface area contributed by atoms with Crippen LogP contribution in [0.3, 0.4) is 0 Å². The summed E-state index contributed by atoms with van der Waals surface area (Å²) in [7, 11) is 1.68. The van der Waals surface area contributed by atoms with Crippen LogP contribution in [0.25, 0.3) is 0 Å². The van der Waals surface area contributed by atoms with E-state index in [0.717, 1.165) is 12.8 Å². The lowest BCUT2D eigenvalue weighted by molar-refractivity contribution is -0.119. The number of hydrogen-bond donors (Lipinski definition) is 1. The highest BCUT2D eigenvalue weighted by atomic mass is 16.2. The van der Waals surface area contributed by atoms with Gasteiger partial charge in [-0.3, -0.25) is 9.59 Å². The van der Waals surface area contributed by atoms with Gasteiger partial charge in [0.25, 0.3) is 5.91 Å². The molecule has 0 spiro atoms. The largest absolute Gasteiger partial charge is 0.398 e. The number of nitrogens with zero attached hydrogens (tertiary/aromatic N) is 2. The first-order chi connectivity index (χ1) is 8.59. The molecule has 0 bridgehead atoms. The fourth-order valence-electron chi connectivity index (χ4n) is 2.35. The Morgan fingerprint density at radius 2 is 2.00 bits per heavy atom. The average molecular weight is 245 g/mol. The molecular formula is C13H15N3O2. The van der Waals surface area contributed by atoms with Crippen molar-refractivity contribution < 1.29 is 9.59 Å². The Balaban J connectivity index is 2.15. The molecule has 1 aromatic carbocycles. The van der Waals surface area contributed by atoms with E-state index in [1.165, 1.54) is 4.90 Å². The number of likely N-dealkylation sites (N-methyl/N-ethyl adjacent to an activating group) is 1. The van der Waals surface area contributed by atoms with Crippen molar-refractivity contribution in [2.24, 2.45) is 0 Å².